The predicted molar refractivity (Wildman–Crippen MR) is 102 cm³/mol. The molecule has 0 radical (unpaired) electrons. The molecule has 1 saturated carbocycles. The van der Waals surface area contributed by atoms with Gasteiger partial charge in [-0.25, -0.2) is 14.8 Å². The summed E-state index contributed by atoms with van der Waals surface area (Å²) in [7, 11) is 1.44. The molecule has 9 nitrogen and oxygen atoms in total. The van der Waals surface area contributed by atoms with Gasteiger partial charge in [-0.05, 0) is 25.0 Å². The summed E-state index contributed by atoms with van der Waals surface area (Å²) < 4.78 is 6.72. The van der Waals surface area contributed by atoms with Gasteiger partial charge in [0.05, 0.1) is 12.7 Å². The fourth-order valence-corrected chi connectivity index (χ4v) is 3.85. The molecule has 2 heterocycles. The third kappa shape index (κ3) is 2.88. The SMILES string of the molecule is COc1cccc(-c2nc(C(N)=O)c3[nH]c(=O)n(C4CCCCC4)c3n2)c1O. The van der Waals surface area contributed by atoms with Crippen molar-refractivity contribution in [3.63, 3.8) is 0 Å². The van der Waals surface area contributed by atoms with Crippen molar-refractivity contribution in [3.8, 4) is 22.9 Å². The number of methoxy groups -OCH3 is 1. The number of ether oxygens (including phenoxy) is 1. The molecule has 0 spiro atoms. The molecule has 0 saturated heterocycles. The number of aromatic amines is 1. The van der Waals surface area contributed by atoms with Crippen LogP contribution < -0.4 is 16.2 Å². The van der Waals surface area contributed by atoms with Gasteiger partial charge >= 0.3 is 5.69 Å². The van der Waals surface area contributed by atoms with Crippen LogP contribution in [0.15, 0.2) is 23.0 Å². The first-order valence-electron chi connectivity index (χ1n) is 9.19. The summed E-state index contributed by atoms with van der Waals surface area (Å²) >= 11 is 0. The standard InChI is InChI=1S/C19H21N5O4/c1-28-12-9-5-8-11(15(12)25)17-21-13(16(20)26)14-18(23-17)24(19(27)22-14)10-6-3-2-4-7-10/h5,8-10,25H,2-4,6-7H2,1H3,(H2,20,26)(H,22,27). The lowest BCUT2D eigenvalue weighted by Crippen LogP contribution is -2.24. The van der Waals surface area contributed by atoms with Crippen molar-refractivity contribution >= 4 is 17.1 Å². The zero-order chi connectivity index (χ0) is 19.8. The Morgan fingerprint density at radius 1 is 1.29 bits per heavy atom. The lowest BCUT2D eigenvalue weighted by atomic mass is 9.95. The van der Waals surface area contributed by atoms with Gasteiger partial charge in [-0.15, -0.1) is 0 Å². The molecule has 1 aromatic carbocycles. The molecule has 28 heavy (non-hydrogen) atoms. The molecule has 1 amide bonds. The van der Waals surface area contributed by atoms with Crippen LogP contribution in [0.2, 0.25) is 0 Å². The zero-order valence-electron chi connectivity index (χ0n) is 15.4. The van der Waals surface area contributed by atoms with Crippen molar-refractivity contribution in [2.75, 3.05) is 7.11 Å². The molecule has 0 aliphatic heterocycles. The van der Waals surface area contributed by atoms with E-state index in [1.165, 1.54) is 7.11 Å². The summed E-state index contributed by atoms with van der Waals surface area (Å²) in [6.45, 7) is 0. The summed E-state index contributed by atoms with van der Waals surface area (Å²) in [5.74, 6) is -0.586. The number of H-pyrrole nitrogens is 1. The number of hydrogen-bond acceptors (Lipinski definition) is 6. The van der Waals surface area contributed by atoms with Gasteiger partial charge in [-0.3, -0.25) is 9.36 Å². The highest BCUT2D eigenvalue weighted by molar-refractivity contribution is 6.02. The number of phenols is 1. The maximum atomic E-state index is 12.6. The Morgan fingerprint density at radius 3 is 2.71 bits per heavy atom. The van der Waals surface area contributed by atoms with E-state index >= 15 is 0 Å². The number of para-hydroxylation sites is 1. The average molecular weight is 383 g/mol. The summed E-state index contributed by atoms with van der Waals surface area (Å²) in [5, 5.41) is 10.5. The van der Waals surface area contributed by atoms with Gasteiger partial charge in [0, 0.05) is 6.04 Å². The number of benzene rings is 1. The number of phenolic OH excluding ortho intramolecular Hbond substituents is 1. The van der Waals surface area contributed by atoms with Crippen LogP contribution in [-0.2, 0) is 0 Å². The van der Waals surface area contributed by atoms with Crippen molar-refractivity contribution in [3.05, 3.63) is 34.4 Å². The van der Waals surface area contributed by atoms with Crippen molar-refractivity contribution in [2.24, 2.45) is 5.73 Å². The lowest BCUT2D eigenvalue weighted by molar-refractivity contribution is 0.0997. The fraction of sp³-hybridized carbons (Fsp3) is 0.368. The third-order valence-electron chi connectivity index (χ3n) is 5.20. The molecular formula is C19H21N5O4. The van der Waals surface area contributed by atoms with E-state index in [-0.39, 0.29) is 45.8 Å². The van der Waals surface area contributed by atoms with Gasteiger partial charge in [0.1, 0.15) is 5.52 Å². The number of carbonyl (C=O) groups is 1. The largest absolute Gasteiger partial charge is 0.504 e. The van der Waals surface area contributed by atoms with Gasteiger partial charge in [-0.1, -0.05) is 25.3 Å². The molecule has 4 rings (SSSR count). The molecular weight excluding hydrogens is 362 g/mol. The number of hydrogen-bond donors (Lipinski definition) is 3. The number of aromatic hydroxyl groups is 1. The van der Waals surface area contributed by atoms with Crippen LogP contribution in [0.4, 0.5) is 0 Å². The lowest BCUT2D eigenvalue weighted by Gasteiger charge is -2.22. The van der Waals surface area contributed by atoms with E-state index in [9.17, 15) is 14.7 Å². The highest BCUT2D eigenvalue weighted by Gasteiger charge is 2.25. The normalized spacial score (nSPS) is 15.0. The number of amides is 1. The van der Waals surface area contributed by atoms with Crippen LogP contribution in [0.3, 0.4) is 0 Å². The first-order chi connectivity index (χ1) is 13.5. The van der Waals surface area contributed by atoms with Crippen LogP contribution >= 0.6 is 0 Å². The number of nitrogens with two attached hydrogens (primary N) is 1. The number of imidazole rings is 1. The quantitative estimate of drug-likeness (QED) is 0.631. The second-order valence-corrected chi connectivity index (χ2v) is 6.91. The summed E-state index contributed by atoms with van der Waals surface area (Å²) in [6, 6.07) is 4.88. The molecule has 3 aromatic rings. The number of nitrogens with one attached hydrogen (secondary N) is 1. The van der Waals surface area contributed by atoms with Crippen LogP contribution in [-0.4, -0.2) is 37.6 Å². The maximum absolute atomic E-state index is 12.6. The number of aromatic nitrogens is 4. The molecule has 1 fully saturated rings. The van der Waals surface area contributed by atoms with Crippen LogP contribution in [0, 0.1) is 0 Å². The third-order valence-corrected chi connectivity index (χ3v) is 5.20. The molecule has 0 bridgehead atoms. The minimum absolute atomic E-state index is 0.00242. The van der Waals surface area contributed by atoms with Gasteiger partial charge in [0.15, 0.2) is 28.7 Å². The minimum Gasteiger partial charge on any atom is -0.504 e. The van der Waals surface area contributed by atoms with Crippen molar-refractivity contribution < 1.29 is 14.6 Å². The second kappa shape index (κ2) is 6.99. The molecule has 9 heteroatoms. The Hall–Kier alpha value is -3.36. The first-order valence-corrected chi connectivity index (χ1v) is 9.19. The molecule has 2 aromatic heterocycles. The smallest absolute Gasteiger partial charge is 0.327 e. The van der Waals surface area contributed by atoms with Gasteiger partial charge < -0.3 is 20.6 Å². The topological polar surface area (TPSA) is 136 Å². The average Bonchev–Trinajstić information content (AvgIpc) is 3.03. The Kier molecular flexibility index (Phi) is 4.50. The van der Waals surface area contributed by atoms with Gasteiger partial charge in [-0.2, -0.15) is 0 Å². The van der Waals surface area contributed by atoms with Gasteiger partial charge in [0.25, 0.3) is 5.91 Å². The number of primary amides is 1. The summed E-state index contributed by atoms with van der Waals surface area (Å²) in [4.78, 5) is 36.1. The highest BCUT2D eigenvalue weighted by atomic mass is 16.5. The van der Waals surface area contributed by atoms with Crippen LogP contribution in [0.1, 0.15) is 48.6 Å². The number of nitrogens with zero attached hydrogens (tertiary/aromatic N) is 3. The number of carbonyl (C=O) groups excluding carboxylic acids is 1. The van der Waals surface area contributed by atoms with Crippen molar-refractivity contribution in [1.29, 1.82) is 0 Å². The molecule has 0 atom stereocenters. The highest BCUT2D eigenvalue weighted by Crippen LogP contribution is 2.36. The second-order valence-electron chi connectivity index (χ2n) is 6.91. The maximum Gasteiger partial charge on any atom is 0.327 e. The number of rotatable bonds is 4. The van der Waals surface area contributed by atoms with E-state index in [0.29, 0.717) is 5.65 Å². The monoisotopic (exact) mass is 383 g/mol. The van der Waals surface area contributed by atoms with Crippen molar-refractivity contribution in [1.82, 2.24) is 19.5 Å². The summed E-state index contributed by atoms with van der Waals surface area (Å²) in [6.07, 6.45) is 4.92. The fourth-order valence-electron chi connectivity index (χ4n) is 3.85. The summed E-state index contributed by atoms with van der Waals surface area (Å²) in [5.41, 5.74) is 5.90. The van der Waals surface area contributed by atoms with E-state index in [2.05, 4.69) is 15.0 Å². The Bertz CT molecular complexity index is 1110. The molecule has 1 aliphatic carbocycles. The van der Waals surface area contributed by atoms with E-state index in [0.717, 1.165) is 32.1 Å². The van der Waals surface area contributed by atoms with E-state index in [4.69, 9.17) is 10.5 Å². The molecule has 4 N–H and O–H groups in total. The zero-order valence-corrected chi connectivity index (χ0v) is 15.4. The molecule has 146 valence electrons. The molecule has 0 unspecified atom stereocenters. The van der Waals surface area contributed by atoms with Crippen LogP contribution in [0.5, 0.6) is 11.5 Å². The van der Waals surface area contributed by atoms with Crippen LogP contribution in [0.25, 0.3) is 22.6 Å². The van der Waals surface area contributed by atoms with Crippen molar-refractivity contribution in [2.45, 2.75) is 38.1 Å². The molecule has 1 aliphatic rings. The van der Waals surface area contributed by atoms with E-state index in [1.54, 1.807) is 22.8 Å². The van der Waals surface area contributed by atoms with E-state index in [1.807, 2.05) is 0 Å². The Labute approximate surface area is 160 Å². The van der Waals surface area contributed by atoms with Gasteiger partial charge in [0.2, 0.25) is 0 Å². The Balaban J connectivity index is 1.99. The number of fused-ring (bicyclic) bond motifs is 1. The Morgan fingerprint density at radius 2 is 2.04 bits per heavy atom. The first kappa shape index (κ1) is 18.0. The predicted octanol–water partition coefficient (Wildman–Crippen LogP) is 2.10. The minimum atomic E-state index is -0.784. The van der Waals surface area contributed by atoms with E-state index < -0.39 is 5.91 Å².